The molecule has 0 aliphatic rings. The number of benzene rings is 1. The number of aliphatic hydroxyl groups excluding tert-OH is 1. The summed E-state index contributed by atoms with van der Waals surface area (Å²) in [7, 11) is 1.13. The highest BCUT2D eigenvalue weighted by atomic mass is 16.6. The first-order valence-corrected chi connectivity index (χ1v) is 5.07. The molecular weight excluding hydrogens is 238 g/mol. The second-order valence-electron chi connectivity index (χ2n) is 3.22. The van der Waals surface area contributed by atoms with Gasteiger partial charge >= 0.3 is 12.1 Å². The molecule has 96 valence electrons. The second-order valence-corrected chi connectivity index (χ2v) is 3.22. The molecule has 0 unspecified atom stereocenters. The highest BCUT2D eigenvalue weighted by Gasteiger charge is 2.14. The van der Waals surface area contributed by atoms with Gasteiger partial charge in [0, 0.05) is 0 Å². The number of hydrogen-bond acceptors (Lipinski definition) is 5. The molecule has 18 heavy (non-hydrogen) atoms. The van der Waals surface area contributed by atoms with Gasteiger partial charge in [0.1, 0.15) is 12.9 Å². The molecule has 1 rings (SSSR count). The van der Waals surface area contributed by atoms with Crippen molar-refractivity contribution in [1.82, 2.24) is 5.32 Å². The van der Waals surface area contributed by atoms with Crippen LogP contribution in [0.2, 0.25) is 0 Å². The molecule has 0 atom stereocenters. The fraction of sp³-hybridized carbons (Fsp3) is 0.167. The number of methoxy groups -OCH3 is 1. The zero-order valence-electron chi connectivity index (χ0n) is 9.75. The molecular formula is C12H13NO5. The van der Waals surface area contributed by atoms with E-state index >= 15 is 0 Å². The van der Waals surface area contributed by atoms with Crippen LogP contribution in [0, 0.1) is 0 Å². The average Bonchev–Trinajstić information content (AvgIpc) is 2.42. The van der Waals surface area contributed by atoms with Gasteiger partial charge < -0.3 is 14.6 Å². The van der Waals surface area contributed by atoms with Gasteiger partial charge in [-0.3, -0.25) is 5.32 Å². The molecule has 2 N–H and O–H groups in total. The number of esters is 1. The van der Waals surface area contributed by atoms with Crippen LogP contribution < -0.4 is 5.32 Å². The van der Waals surface area contributed by atoms with E-state index in [2.05, 4.69) is 10.1 Å². The monoisotopic (exact) mass is 251 g/mol. The maximum atomic E-state index is 11.3. The highest BCUT2D eigenvalue weighted by molar-refractivity contribution is 5.91. The van der Waals surface area contributed by atoms with Crippen molar-refractivity contribution in [3.8, 4) is 0 Å². The third-order valence-electron chi connectivity index (χ3n) is 1.98. The minimum atomic E-state index is -0.867. The third-order valence-corrected chi connectivity index (χ3v) is 1.98. The zero-order chi connectivity index (χ0) is 13.4. The van der Waals surface area contributed by atoms with Gasteiger partial charge in [0.05, 0.1) is 7.11 Å². The predicted octanol–water partition coefficient (Wildman–Crippen LogP) is 1.49. The van der Waals surface area contributed by atoms with E-state index in [4.69, 9.17) is 9.84 Å². The molecule has 0 saturated carbocycles. The van der Waals surface area contributed by atoms with Crippen molar-refractivity contribution < 1.29 is 24.2 Å². The van der Waals surface area contributed by atoms with E-state index in [1.807, 2.05) is 18.2 Å². The van der Waals surface area contributed by atoms with Crippen LogP contribution in [0.4, 0.5) is 4.79 Å². The van der Waals surface area contributed by atoms with E-state index in [0.717, 1.165) is 12.7 Å². The summed E-state index contributed by atoms with van der Waals surface area (Å²) in [5, 5.41) is 10.8. The van der Waals surface area contributed by atoms with Crippen molar-refractivity contribution in [3.05, 3.63) is 47.9 Å². The molecule has 0 aromatic heterocycles. The summed E-state index contributed by atoms with van der Waals surface area (Å²) in [5.74, 6) is -0.867. The Hall–Kier alpha value is -2.50. The first kappa shape index (κ1) is 13.6. The zero-order valence-corrected chi connectivity index (χ0v) is 9.75. The quantitative estimate of drug-likeness (QED) is 0.481. The number of hydrogen-bond donors (Lipinski definition) is 2. The van der Waals surface area contributed by atoms with Crippen molar-refractivity contribution in [1.29, 1.82) is 0 Å². The molecule has 0 saturated heterocycles. The molecule has 1 aromatic rings. The number of amides is 1. The SMILES string of the molecule is COC(=O)/C(=C\O)NC(=O)OCc1ccccc1. The van der Waals surface area contributed by atoms with Crippen LogP contribution in [0.15, 0.2) is 42.3 Å². The molecule has 0 radical (unpaired) electrons. The molecule has 0 aliphatic carbocycles. The van der Waals surface area contributed by atoms with Crippen molar-refractivity contribution in [2.45, 2.75) is 6.61 Å². The van der Waals surface area contributed by atoms with E-state index in [9.17, 15) is 9.59 Å². The first-order valence-electron chi connectivity index (χ1n) is 5.07. The largest absolute Gasteiger partial charge is 0.513 e. The predicted molar refractivity (Wildman–Crippen MR) is 62.5 cm³/mol. The van der Waals surface area contributed by atoms with Gasteiger partial charge in [-0.05, 0) is 5.56 Å². The van der Waals surface area contributed by atoms with E-state index in [-0.39, 0.29) is 6.61 Å². The summed E-state index contributed by atoms with van der Waals surface area (Å²) >= 11 is 0. The van der Waals surface area contributed by atoms with Gasteiger partial charge in [0.2, 0.25) is 0 Å². The van der Waals surface area contributed by atoms with Crippen LogP contribution >= 0.6 is 0 Å². The Morgan fingerprint density at radius 1 is 1.33 bits per heavy atom. The van der Waals surface area contributed by atoms with Crippen molar-refractivity contribution in [2.24, 2.45) is 0 Å². The normalized spacial score (nSPS) is 10.6. The number of alkyl carbamates (subject to hydrolysis) is 1. The molecule has 0 heterocycles. The number of carbonyl (C=O) groups is 2. The Morgan fingerprint density at radius 3 is 2.56 bits per heavy atom. The van der Waals surface area contributed by atoms with Gasteiger partial charge in [-0.1, -0.05) is 30.3 Å². The summed E-state index contributed by atoms with van der Waals surface area (Å²) < 4.78 is 9.17. The van der Waals surface area contributed by atoms with Crippen LogP contribution in [0.1, 0.15) is 5.56 Å². The third kappa shape index (κ3) is 4.17. The second kappa shape index (κ2) is 6.95. The molecule has 0 aliphatic heterocycles. The Balaban J connectivity index is 2.45. The first-order chi connectivity index (χ1) is 8.67. The van der Waals surface area contributed by atoms with E-state index < -0.39 is 17.8 Å². The maximum Gasteiger partial charge on any atom is 0.412 e. The molecule has 0 fully saturated rings. The minimum absolute atomic E-state index is 0.0621. The van der Waals surface area contributed by atoms with Crippen LogP contribution in [-0.4, -0.2) is 24.3 Å². The topological polar surface area (TPSA) is 84.9 Å². The Labute approximate surface area is 104 Å². The van der Waals surface area contributed by atoms with Crippen molar-refractivity contribution in [3.63, 3.8) is 0 Å². The number of aliphatic hydroxyl groups is 1. The molecule has 6 nitrogen and oxygen atoms in total. The van der Waals surface area contributed by atoms with Gasteiger partial charge in [-0.25, -0.2) is 9.59 Å². The van der Waals surface area contributed by atoms with Gasteiger partial charge in [0.15, 0.2) is 5.70 Å². The molecule has 0 bridgehead atoms. The Kier molecular flexibility index (Phi) is 5.24. The average molecular weight is 251 g/mol. The summed E-state index contributed by atoms with van der Waals surface area (Å²) in [6.07, 6.45) is -0.417. The summed E-state index contributed by atoms with van der Waals surface area (Å²) in [5.41, 5.74) is 0.413. The molecule has 6 heteroatoms. The number of carbonyl (C=O) groups excluding carboxylic acids is 2. The fourth-order valence-electron chi connectivity index (χ4n) is 1.12. The van der Waals surface area contributed by atoms with Gasteiger partial charge in [-0.15, -0.1) is 0 Å². The fourth-order valence-corrected chi connectivity index (χ4v) is 1.12. The number of ether oxygens (including phenoxy) is 2. The van der Waals surface area contributed by atoms with E-state index in [1.54, 1.807) is 12.1 Å². The lowest BCUT2D eigenvalue weighted by molar-refractivity contribution is -0.136. The molecule has 1 amide bonds. The smallest absolute Gasteiger partial charge is 0.412 e. The molecule has 1 aromatic carbocycles. The number of rotatable bonds is 4. The lowest BCUT2D eigenvalue weighted by Crippen LogP contribution is -2.28. The van der Waals surface area contributed by atoms with Crippen molar-refractivity contribution in [2.75, 3.05) is 7.11 Å². The molecule has 0 spiro atoms. The summed E-state index contributed by atoms with van der Waals surface area (Å²) in [4.78, 5) is 22.3. The summed E-state index contributed by atoms with van der Waals surface area (Å²) in [6, 6.07) is 9.04. The Morgan fingerprint density at radius 2 is 2.00 bits per heavy atom. The maximum absolute atomic E-state index is 11.3. The lowest BCUT2D eigenvalue weighted by atomic mass is 10.2. The van der Waals surface area contributed by atoms with Crippen LogP contribution in [-0.2, 0) is 20.9 Å². The minimum Gasteiger partial charge on any atom is -0.513 e. The van der Waals surface area contributed by atoms with E-state index in [0.29, 0.717) is 6.26 Å². The standard InChI is InChI=1S/C12H13NO5/c1-17-11(15)10(7-14)13-12(16)18-8-9-5-3-2-4-6-9/h2-7,14H,8H2,1H3,(H,13,16)/b10-7+. The van der Waals surface area contributed by atoms with Gasteiger partial charge in [-0.2, -0.15) is 0 Å². The van der Waals surface area contributed by atoms with Crippen LogP contribution in [0.25, 0.3) is 0 Å². The lowest BCUT2D eigenvalue weighted by Gasteiger charge is -2.07. The van der Waals surface area contributed by atoms with E-state index in [1.165, 1.54) is 0 Å². The summed E-state index contributed by atoms with van der Waals surface area (Å²) in [6.45, 7) is 0.0621. The van der Waals surface area contributed by atoms with Crippen LogP contribution in [0.5, 0.6) is 0 Å². The number of nitrogens with one attached hydrogen (secondary N) is 1. The Bertz CT molecular complexity index is 441. The highest BCUT2D eigenvalue weighted by Crippen LogP contribution is 2.01. The van der Waals surface area contributed by atoms with Crippen molar-refractivity contribution >= 4 is 12.1 Å². The van der Waals surface area contributed by atoms with Crippen LogP contribution in [0.3, 0.4) is 0 Å². The van der Waals surface area contributed by atoms with Gasteiger partial charge in [0.25, 0.3) is 0 Å².